The Kier molecular flexibility index (Phi) is 5.07. The van der Waals surface area contributed by atoms with Crippen molar-refractivity contribution in [1.29, 1.82) is 0 Å². The van der Waals surface area contributed by atoms with E-state index in [0.29, 0.717) is 17.9 Å². The lowest BCUT2D eigenvalue weighted by molar-refractivity contribution is -0.113. The van der Waals surface area contributed by atoms with E-state index in [1.54, 1.807) is 6.07 Å². The van der Waals surface area contributed by atoms with Crippen molar-refractivity contribution in [3.63, 3.8) is 0 Å². The van der Waals surface area contributed by atoms with E-state index in [-0.39, 0.29) is 17.9 Å². The second kappa shape index (κ2) is 7.64. The lowest BCUT2D eigenvalue weighted by Crippen LogP contribution is -2.30. The molecule has 1 unspecified atom stereocenters. The zero-order valence-corrected chi connectivity index (χ0v) is 16.1. The smallest absolute Gasteiger partial charge is 0.254 e. The highest BCUT2D eigenvalue weighted by Crippen LogP contribution is 2.36. The van der Waals surface area contributed by atoms with Crippen molar-refractivity contribution in [2.24, 2.45) is 0 Å². The number of nitrogens with one attached hydrogen (secondary N) is 1. The summed E-state index contributed by atoms with van der Waals surface area (Å²) in [6.07, 6.45) is 1.94. The van der Waals surface area contributed by atoms with Crippen LogP contribution in [0.2, 0.25) is 0 Å². The molecule has 1 fully saturated rings. The van der Waals surface area contributed by atoms with Crippen LogP contribution >= 0.6 is 11.8 Å². The molecule has 5 nitrogen and oxygen atoms in total. The number of nitrogens with zero attached hydrogens (tertiary/aromatic N) is 1. The molecule has 0 spiro atoms. The van der Waals surface area contributed by atoms with Crippen LogP contribution in [0.25, 0.3) is 0 Å². The zero-order chi connectivity index (χ0) is 18.8. The predicted molar refractivity (Wildman–Crippen MR) is 106 cm³/mol. The molecule has 140 valence electrons. The second-order valence-corrected chi connectivity index (χ2v) is 7.72. The molecule has 4 rings (SSSR count). The number of amides is 2. The van der Waals surface area contributed by atoms with Gasteiger partial charge in [0.1, 0.15) is 5.75 Å². The van der Waals surface area contributed by atoms with Gasteiger partial charge in [-0.2, -0.15) is 0 Å². The van der Waals surface area contributed by atoms with E-state index in [2.05, 4.69) is 5.32 Å². The second-order valence-electron chi connectivity index (χ2n) is 6.71. The summed E-state index contributed by atoms with van der Waals surface area (Å²) in [5, 5.41) is 2.86. The number of anilines is 1. The van der Waals surface area contributed by atoms with Crippen LogP contribution in [0.4, 0.5) is 5.69 Å². The van der Waals surface area contributed by atoms with Crippen molar-refractivity contribution in [3.8, 4) is 5.75 Å². The summed E-state index contributed by atoms with van der Waals surface area (Å²) in [5.74, 6) is 1.26. The van der Waals surface area contributed by atoms with Gasteiger partial charge in [0.15, 0.2) is 0 Å². The summed E-state index contributed by atoms with van der Waals surface area (Å²) in [7, 11) is 0. The van der Waals surface area contributed by atoms with E-state index in [1.165, 1.54) is 11.8 Å². The van der Waals surface area contributed by atoms with E-state index in [0.717, 1.165) is 41.3 Å². The fourth-order valence-corrected chi connectivity index (χ4v) is 4.48. The van der Waals surface area contributed by atoms with Gasteiger partial charge in [-0.3, -0.25) is 9.59 Å². The van der Waals surface area contributed by atoms with Gasteiger partial charge < -0.3 is 15.0 Å². The third kappa shape index (κ3) is 3.67. The Balaban J connectivity index is 1.55. The van der Waals surface area contributed by atoms with Crippen molar-refractivity contribution in [3.05, 3.63) is 53.6 Å². The molecule has 2 heterocycles. The highest BCUT2D eigenvalue weighted by molar-refractivity contribution is 8.00. The van der Waals surface area contributed by atoms with Gasteiger partial charge in [-0.05, 0) is 55.7 Å². The quantitative estimate of drug-likeness (QED) is 0.865. The highest BCUT2D eigenvalue weighted by Gasteiger charge is 2.31. The van der Waals surface area contributed by atoms with E-state index in [9.17, 15) is 9.59 Å². The summed E-state index contributed by atoms with van der Waals surface area (Å²) < 4.78 is 5.51. The van der Waals surface area contributed by atoms with Crippen LogP contribution < -0.4 is 10.1 Å². The summed E-state index contributed by atoms with van der Waals surface area (Å²) in [4.78, 5) is 27.7. The molecule has 0 radical (unpaired) electrons. The van der Waals surface area contributed by atoms with Crippen LogP contribution in [0, 0.1) is 0 Å². The van der Waals surface area contributed by atoms with Crippen LogP contribution in [-0.4, -0.2) is 35.6 Å². The molecular weight excluding hydrogens is 360 g/mol. The van der Waals surface area contributed by atoms with Gasteiger partial charge >= 0.3 is 0 Å². The molecule has 2 aliphatic heterocycles. The Bertz CT molecular complexity index is 866. The first kappa shape index (κ1) is 17.9. The monoisotopic (exact) mass is 382 g/mol. The van der Waals surface area contributed by atoms with Crippen molar-refractivity contribution < 1.29 is 14.3 Å². The number of benzene rings is 2. The van der Waals surface area contributed by atoms with Gasteiger partial charge in [-0.25, -0.2) is 0 Å². The molecule has 6 heteroatoms. The molecule has 0 saturated carbocycles. The molecule has 1 saturated heterocycles. The minimum Gasteiger partial charge on any atom is -0.494 e. The maximum absolute atomic E-state index is 13.1. The number of likely N-dealkylation sites (tertiary alicyclic amines) is 1. The van der Waals surface area contributed by atoms with E-state index >= 15 is 0 Å². The number of ether oxygens (including phenoxy) is 1. The standard InChI is InChI=1S/C21H22N2O3S/c1-2-26-16-8-5-14(6-9-16)18-4-3-11-23(18)21(25)15-7-10-19-17(12-15)22-20(24)13-27-19/h5-10,12,18H,2-4,11,13H2,1H3,(H,22,24). The number of rotatable bonds is 4. The SMILES string of the molecule is CCOc1ccc(C2CCCN2C(=O)c2ccc3c(c2)NC(=O)CS3)cc1. The molecule has 2 amide bonds. The van der Waals surface area contributed by atoms with E-state index in [1.807, 2.05) is 48.2 Å². The van der Waals surface area contributed by atoms with Gasteiger partial charge in [0.05, 0.1) is 24.1 Å². The third-order valence-electron chi connectivity index (χ3n) is 4.95. The maximum Gasteiger partial charge on any atom is 0.254 e. The maximum atomic E-state index is 13.1. The largest absolute Gasteiger partial charge is 0.494 e. The van der Waals surface area contributed by atoms with Crippen molar-refractivity contribution in [2.45, 2.75) is 30.7 Å². The first-order chi connectivity index (χ1) is 13.2. The Hall–Kier alpha value is -2.47. The van der Waals surface area contributed by atoms with Crippen molar-refractivity contribution in [1.82, 2.24) is 4.90 Å². The fourth-order valence-electron chi connectivity index (χ4n) is 3.69. The average Bonchev–Trinajstić information content (AvgIpc) is 3.17. The molecule has 0 aromatic heterocycles. The number of fused-ring (bicyclic) bond motifs is 1. The molecule has 2 aromatic rings. The van der Waals surface area contributed by atoms with Crippen molar-refractivity contribution in [2.75, 3.05) is 24.2 Å². The van der Waals surface area contributed by atoms with Gasteiger partial charge in [0.25, 0.3) is 5.91 Å². The lowest BCUT2D eigenvalue weighted by Gasteiger charge is -2.26. The molecule has 0 aliphatic carbocycles. The predicted octanol–water partition coefficient (Wildman–Crippen LogP) is 4.11. The van der Waals surface area contributed by atoms with Crippen LogP contribution in [-0.2, 0) is 4.79 Å². The molecule has 27 heavy (non-hydrogen) atoms. The summed E-state index contributed by atoms with van der Waals surface area (Å²) in [6.45, 7) is 3.35. The summed E-state index contributed by atoms with van der Waals surface area (Å²) in [5.41, 5.74) is 2.49. The number of carbonyl (C=O) groups excluding carboxylic acids is 2. The normalized spacial score (nSPS) is 18.8. The molecule has 1 N–H and O–H groups in total. The third-order valence-corrected chi connectivity index (χ3v) is 6.02. The van der Waals surface area contributed by atoms with Crippen LogP contribution in [0.3, 0.4) is 0 Å². The Morgan fingerprint density at radius 1 is 1.26 bits per heavy atom. The Morgan fingerprint density at radius 2 is 2.07 bits per heavy atom. The highest BCUT2D eigenvalue weighted by atomic mass is 32.2. The Labute approximate surface area is 163 Å². The molecule has 2 aromatic carbocycles. The zero-order valence-electron chi connectivity index (χ0n) is 15.2. The van der Waals surface area contributed by atoms with Gasteiger partial charge in [-0.1, -0.05) is 12.1 Å². The minimum absolute atomic E-state index is 0.0130. The first-order valence-corrected chi connectivity index (χ1v) is 10.2. The van der Waals surface area contributed by atoms with Crippen LogP contribution in [0.15, 0.2) is 47.4 Å². The lowest BCUT2D eigenvalue weighted by atomic mass is 10.0. The molecule has 0 bridgehead atoms. The van der Waals surface area contributed by atoms with Gasteiger partial charge in [-0.15, -0.1) is 11.8 Å². The van der Waals surface area contributed by atoms with E-state index in [4.69, 9.17) is 4.74 Å². The van der Waals surface area contributed by atoms with Gasteiger partial charge in [0, 0.05) is 17.0 Å². The number of hydrogen-bond donors (Lipinski definition) is 1. The van der Waals surface area contributed by atoms with E-state index < -0.39 is 0 Å². The van der Waals surface area contributed by atoms with Crippen molar-refractivity contribution >= 4 is 29.3 Å². The van der Waals surface area contributed by atoms with Crippen LogP contribution in [0.5, 0.6) is 5.75 Å². The number of thioether (sulfide) groups is 1. The average molecular weight is 382 g/mol. The molecule has 1 atom stereocenters. The Morgan fingerprint density at radius 3 is 2.85 bits per heavy atom. The molecule has 2 aliphatic rings. The van der Waals surface area contributed by atoms with Crippen LogP contribution in [0.1, 0.15) is 41.7 Å². The summed E-state index contributed by atoms with van der Waals surface area (Å²) in [6, 6.07) is 13.7. The van der Waals surface area contributed by atoms with Gasteiger partial charge in [0.2, 0.25) is 5.91 Å². The first-order valence-electron chi connectivity index (χ1n) is 9.26. The number of carbonyl (C=O) groups is 2. The number of hydrogen-bond acceptors (Lipinski definition) is 4. The fraction of sp³-hybridized carbons (Fsp3) is 0.333. The minimum atomic E-state index is -0.0227. The topological polar surface area (TPSA) is 58.6 Å². The molecular formula is C21H22N2O3S. The summed E-state index contributed by atoms with van der Waals surface area (Å²) >= 11 is 1.50.